The molecule has 2 nitrogen and oxygen atoms in total. The highest BCUT2D eigenvalue weighted by atomic mass is 15.3. The van der Waals surface area contributed by atoms with Gasteiger partial charge in [-0.1, -0.05) is 54.9 Å². The van der Waals surface area contributed by atoms with Crippen molar-refractivity contribution >= 4 is 0 Å². The molecular formula is C19H38N2. The summed E-state index contributed by atoms with van der Waals surface area (Å²) < 4.78 is 0. The average molecular weight is 295 g/mol. The number of nitrogens with one attached hydrogen (secondary N) is 1. The third-order valence-electron chi connectivity index (χ3n) is 5.86. The molecule has 3 unspecified atom stereocenters. The van der Waals surface area contributed by atoms with Crippen LogP contribution in [0.1, 0.15) is 74.1 Å². The summed E-state index contributed by atoms with van der Waals surface area (Å²) in [6.45, 7) is 19.2. The van der Waals surface area contributed by atoms with Gasteiger partial charge < -0.3 is 5.32 Å². The summed E-state index contributed by atoms with van der Waals surface area (Å²) >= 11 is 0. The number of piperazine rings is 1. The van der Waals surface area contributed by atoms with Gasteiger partial charge in [-0.2, -0.15) is 0 Å². The van der Waals surface area contributed by atoms with E-state index >= 15 is 0 Å². The smallest absolute Gasteiger partial charge is 0.0247 e. The molecule has 2 rings (SSSR count). The first-order chi connectivity index (χ1) is 9.60. The summed E-state index contributed by atoms with van der Waals surface area (Å²) in [4.78, 5) is 2.89. The van der Waals surface area contributed by atoms with E-state index in [2.05, 4.69) is 58.7 Å². The highest BCUT2D eigenvalue weighted by Crippen LogP contribution is 2.39. The zero-order valence-electron chi connectivity index (χ0n) is 15.5. The first-order valence-corrected chi connectivity index (χ1v) is 9.09. The molecule has 0 aromatic carbocycles. The first kappa shape index (κ1) is 17.3. The molecule has 0 aromatic rings. The standard InChI is InChI=1S/C19H38N2/c1-14(2)16-12-20-17(18(3,4)5)13-21(16)15-9-8-10-19(6,7)11-15/h14-17,20H,8-13H2,1-7H3. The van der Waals surface area contributed by atoms with E-state index in [4.69, 9.17) is 0 Å². The second kappa shape index (κ2) is 6.20. The maximum absolute atomic E-state index is 3.84. The summed E-state index contributed by atoms with van der Waals surface area (Å²) in [5.74, 6) is 0.739. The van der Waals surface area contributed by atoms with Gasteiger partial charge in [0.2, 0.25) is 0 Å². The van der Waals surface area contributed by atoms with Gasteiger partial charge in [0.15, 0.2) is 0 Å². The molecule has 2 fully saturated rings. The minimum Gasteiger partial charge on any atom is -0.311 e. The van der Waals surface area contributed by atoms with Crippen LogP contribution in [0.25, 0.3) is 0 Å². The monoisotopic (exact) mass is 294 g/mol. The SMILES string of the molecule is CC(C)C1CNC(C(C)(C)C)CN1C1CCCC(C)(C)C1. The van der Waals surface area contributed by atoms with Crippen molar-refractivity contribution in [2.75, 3.05) is 13.1 Å². The topological polar surface area (TPSA) is 15.3 Å². The van der Waals surface area contributed by atoms with Crippen LogP contribution in [0.4, 0.5) is 0 Å². The molecule has 1 heterocycles. The van der Waals surface area contributed by atoms with E-state index < -0.39 is 0 Å². The fraction of sp³-hybridized carbons (Fsp3) is 1.00. The molecule has 0 spiro atoms. The van der Waals surface area contributed by atoms with Crippen molar-refractivity contribution in [3.05, 3.63) is 0 Å². The Morgan fingerprint density at radius 2 is 1.86 bits per heavy atom. The van der Waals surface area contributed by atoms with Crippen LogP contribution in [0, 0.1) is 16.7 Å². The molecular weight excluding hydrogens is 256 g/mol. The van der Waals surface area contributed by atoms with E-state index in [0.29, 0.717) is 22.9 Å². The molecule has 21 heavy (non-hydrogen) atoms. The molecule has 124 valence electrons. The first-order valence-electron chi connectivity index (χ1n) is 9.09. The van der Waals surface area contributed by atoms with Crippen molar-refractivity contribution in [2.45, 2.75) is 92.3 Å². The summed E-state index contributed by atoms with van der Waals surface area (Å²) in [5.41, 5.74) is 0.886. The van der Waals surface area contributed by atoms with Gasteiger partial charge in [-0.3, -0.25) is 4.90 Å². The quantitative estimate of drug-likeness (QED) is 0.817. The third-order valence-corrected chi connectivity index (χ3v) is 5.86. The van der Waals surface area contributed by atoms with E-state index in [-0.39, 0.29) is 0 Å². The van der Waals surface area contributed by atoms with Gasteiger partial charge in [0.25, 0.3) is 0 Å². The van der Waals surface area contributed by atoms with Crippen molar-refractivity contribution in [2.24, 2.45) is 16.7 Å². The lowest BCUT2D eigenvalue weighted by Crippen LogP contribution is -2.64. The maximum atomic E-state index is 3.84. The minimum atomic E-state index is 0.352. The Hall–Kier alpha value is -0.0800. The molecule has 0 aromatic heterocycles. The van der Waals surface area contributed by atoms with Gasteiger partial charge in [0, 0.05) is 31.2 Å². The van der Waals surface area contributed by atoms with Crippen molar-refractivity contribution in [3.8, 4) is 0 Å². The Balaban J connectivity index is 2.14. The molecule has 3 atom stereocenters. The lowest BCUT2D eigenvalue weighted by atomic mass is 9.73. The summed E-state index contributed by atoms with van der Waals surface area (Å²) in [5, 5.41) is 3.84. The van der Waals surface area contributed by atoms with Crippen LogP contribution in [0.3, 0.4) is 0 Å². The molecule has 1 N–H and O–H groups in total. The predicted octanol–water partition coefficient (Wildman–Crippen LogP) is 4.30. The van der Waals surface area contributed by atoms with Crippen LogP contribution in [0.2, 0.25) is 0 Å². The zero-order valence-corrected chi connectivity index (χ0v) is 15.5. The second-order valence-corrected chi connectivity index (χ2v) is 9.75. The van der Waals surface area contributed by atoms with Gasteiger partial charge in [0.1, 0.15) is 0 Å². The van der Waals surface area contributed by atoms with Gasteiger partial charge in [-0.05, 0) is 36.0 Å². The lowest BCUT2D eigenvalue weighted by Gasteiger charge is -2.52. The van der Waals surface area contributed by atoms with Crippen LogP contribution in [-0.4, -0.2) is 36.1 Å². The lowest BCUT2D eigenvalue weighted by molar-refractivity contribution is -0.00319. The molecule has 1 saturated carbocycles. The number of hydrogen-bond acceptors (Lipinski definition) is 2. The molecule has 1 aliphatic carbocycles. The molecule has 0 radical (unpaired) electrons. The van der Waals surface area contributed by atoms with E-state index in [0.717, 1.165) is 18.5 Å². The summed E-state index contributed by atoms with van der Waals surface area (Å²) in [6.07, 6.45) is 5.60. The van der Waals surface area contributed by atoms with Crippen LogP contribution in [-0.2, 0) is 0 Å². The van der Waals surface area contributed by atoms with E-state index in [9.17, 15) is 0 Å². The molecule has 0 amide bonds. The van der Waals surface area contributed by atoms with Crippen molar-refractivity contribution in [1.82, 2.24) is 10.2 Å². The van der Waals surface area contributed by atoms with E-state index in [1.54, 1.807) is 0 Å². The third kappa shape index (κ3) is 4.22. The van der Waals surface area contributed by atoms with Crippen LogP contribution in [0.15, 0.2) is 0 Å². The molecule has 0 bridgehead atoms. The zero-order chi connectivity index (χ0) is 15.8. The van der Waals surface area contributed by atoms with Gasteiger partial charge in [-0.15, -0.1) is 0 Å². The van der Waals surface area contributed by atoms with E-state index in [1.165, 1.54) is 32.2 Å². The fourth-order valence-electron chi connectivity index (χ4n) is 4.35. The maximum Gasteiger partial charge on any atom is 0.0247 e. The fourth-order valence-corrected chi connectivity index (χ4v) is 4.35. The van der Waals surface area contributed by atoms with Gasteiger partial charge in [-0.25, -0.2) is 0 Å². The predicted molar refractivity (Wildman–Crippen MR) is 92.6 cm³/mol. The van der Waals surface area contributed by atoms with Crippen LogP contribution >= 0.6 is 0 Å². The summed E-state index contributed by atoms with van der Waals surface area (Å²) in [6, 6.07) is 2.13. The van der Waals surface area contributed by atoms with Crippen LogP contribution in [0.5, 0.6) is 0 Å². The van der Waals surface area contributed by atoms with E-state index in [1.807, 2.05) is 0 Å². The molecule has 1 aliphatic heterocycles. The highest BCUT2D eigenvalue weighted by molar-refractivity contribution is 4.97. The Morgan fingerprint density at radius 1 is 1.19 bits per heavy atom. The Labute approximate surface area is 133 Å². The van der Waals surface area contributed by atoms with Crippen LogP contribution < -0.4 is 5.32 Å². The number of nitrogens with zero attached hydrogens (tertiary/aromatic N) is 1. The highest BCUT2D eigenvalue weighted by Gasteiger charge is 2.40. The van der Waals surface area contributed by atoms with Crippen molar-refractivity contribution < 1.29 is 0 Å². The number of rotatable bonds is 2. The normalized spacial score (nSPS) is 35.1. The largest absolute Gasteiger partial charge is 0.311 e. The Morgan fingerprint density at radius 3 is 2.38 bits per heavy atom. The molecule has 1 saturated heterocycles. The Bertz CT molecular complexity index is 337. The minimum absolute atomic E-state index is 0.352. The second-order valence-electron chi connectivity index (χ2n) is 9.75. The molecule has 2 heteroatoms. The average Bonchev–Trinajstić information content (AvgIpc) is 2.35. The van der Waals surface area contributed by atoms with Crippen molar-refractivity contribution in [3.63, 3.8) is 0 Å². The number of hydrogen-bond donors (Lipinski definition) is 1. The Kier molecular flexibility index (Phi) is 5.10. The van der Waals surface area contributed by atoms with Crippen molar-refractivity contribution in [1.29, 1.82) is 0 Å². The summed E-state index contributed by atoms with van der Waals surface area (Å²) in [7, 11) is 0. The van der Waals surface area contributed by atoms with Gasteiger partial charge >= 0.3 is 0 Å². The van der Waals surface area contributed by atoms with Gasteiger partial charge in [0.05, 0.1) is 0 Å². The molecule has 2 aliphatic rings.